The minimum absolute atomic E-state index is 0.0941. The molecular weight excluding hydrogens is 657 g/mol. The Morgan fingerprint density at radius 1 is 0.444 bits per heavy atom. The molecule has 0 amide bonds. The third-order valence-electron chi connectivity index (χ3n) is 11.0. The van der Waals surface area contributed by atoms with Gasteiger partial charge in [-0.25, -0.2) is 4.98 Å². The average molecular weight is 691 g/mol. The number of benzene rings is 7. The third-order valence-corrected chi connectivity index (χ3v) is 11.0. The van der Waals surface area contributed by atoms with Crippen LogP contribution in [0.5, 0.6) is 0 Å². The molecule has 1 aliphatic heterocycles. The molecule has 254 valence electrons. The van der Waals surface area contributed by atoms with Crippen LogP contribution in [0.3, 0.4) is 0 Å². The Labute approximate surface area is 313 Å². The number of aromatic nitrogens is 2. The van der Waals surface area contributed by atoms with E-state index in [1.165, 1.54) is 27.2 Å². The van der Waals surface area contributed by atoms with Crippen LogP contribution in [0.4, 0.5) is 5.69 Å². The number of pyridine rings is 1. The number of nitrogens with zero attached hydrogens (tertiary/aromatic N) is 4. The predicted octanol–water partition coefficient (Wildman–Crippen LogP) is 11.9. The molecule has 0 saturated carbocycles. The number of fused-ring (bicyclic) bond motifs is 8. The summed E-state index contributed by atoms with van der Waals surface area (Å²) in [5.41, 5.74) is 11.2. The molecule has 3 heterocycles. The SMILES string of the molecule is C1=CC2N=C(c3ccccc3)N(c3ccc(-c4ccc5nc(-c6ccccc6)c6ccc7c(c8ccccc8n7-c7ccccc7)c6c5c4)cc3)C2C=C1. The Morgan fingerprint density at radius 3 is 1.93 bits per heavy atom. The summed E-state index contributed by atoms with van der Waals surface area (Å²) in [4.78, 5) is 12.9. The van der Waals surface area contributed by atoms with Gasteiger partial charge in [-0.05, 0) is 59.7 Å². The Morgan fingerprint density at radius 2 is 1.13 bits per heavy atom. The minimum atomic E-state index is 0.0941. The van der Waals surface area contributed by atoms with Crippen molar-refractivity contribution in [3.8, 4) is 28.1 Å². The summed E-state index contributed by atoms with van der Waals surface area (Å²) in [6, 6.07) is 61.1. The maximum absolute atomic E-state index is 5.36. The molecular formula is C50H34N4. The highest BCUT2D eigenvalue weighted by atomic mass is 15.3. The van der Waals surface area contributed by atoms with Crippen LogP contribution in [0.2, 0.25) is 0 Å². The van der Waals surface area contributed by atoms with Gasteiger partial charge in [0.1, 0.15) is 5.84 Å². The number of rotatable bonds is 5. The van der Waals surface area contributed by atoms with Gasteiger partial charge in [0.15, 0.2) is 0 Å². The molecule has 9 aromatic rings. The second kappa shape index (κ2) is 12.3. The van der Waals surface area contributed by atoms with Crippen LogP contribution < -0.4 is 4.90 Å². The Balaban J connectivity index is 1.11. The summed E-state index contributed by atoms with van der Waals surface area (Å²) in [6.07, 6.45) is 8.70. The summed E-state index contributed by atoms with van der Waals surface area (Å²) in [5, 5.41) is 6.00. The molecule has 0 spiro atoms. The molecule has 0 bridgehead atoms. The topological polar surface area (TPSA) is 33.4 Å². The molecule has 54 heavy (non-hydrogen) atoms. The van der Waals surface area contributed by atoms with Crippen molar-refractivity contribution in [3.05, 3.63) is 200 Å². The summed E-state index contributed by atoms with van der Waals surface area (Å²) < 4.78 is 2.40. The van der Waals surface area contributed by atoms with Gasteiger partial charge in [0.2, 0.25) is 0 Å². The number of hydrogen-bond acceptors (Lipinski definition) is 3. The van der Waals surface area contributed by atoms with E-state index in [-0.39, 0.29) is 12.1 Å². The van der Waals surface area contributed by atoms with Crippen molar-refractivity contribution in [1.82, 2.24) is 9.55 Å². The fraction of sp³-hybridized carbons (Fsp3) is 0.0400. The van der Waals surface area contributed by atoms with Gasteiger partial charge >= 0.3 is 0 Å². The molecule has 2 aliphatic rings. The van der Waals surface area contributed by atoms with Crippen LogP contribution in [0.15, 0.2) is 199 Å². The van der Waals surface area contributed by atoms with E-state index in [1.54, 1.807) is 0 Å². The maximum atomic E-state index is 5.36. The molecule has 0 radical (unpaired) electrons. The van der Waals surface area contributed by atoms with Crippen LogP contribution >= 0.6 is 0 Å². The smallest absolute Gasteiger partial charge is 0.136 e. The number of allylic oxidation sites excluding steroid dienone is 2. The number of anilines is 1. The zero-order valence-corrected chi connectivity index (χ0v) is 29.4. The lowest BCUT2D eigenvalue weighted by Gasteiger charge is -2.29. The van der Waals surface area contributed by atoms with Crippen molar-refractivity contribution in [2.24, 2.45) is 4.99 Å². The maximum Gasteiger partial charge on any atom is 0.136 e. The quantitative estimate of drug-likeness (QED) is 0.168. The first-order valence-corrected chi connectivity index (χ1v) is 18.6. The van der Waals surface area contributed by atoms with Gasteiger partial charge in [-0.3, -0.25) is 4.99 Å². The molecule has 11 rings (SSSR count). The van der Waals surface area contributed by atoms with Gasteiger partial charge in [0.25, 0.3) is 0 Å². The van der Waals surface area contributed by atoms with Crippen LogP contribution in [0.25, 0.3) is 71.6 Å². The highest BCUT2D eigenvalue weighted by Crippen LogP contribution is 2.43. The number of aliphatic imine (C=N–C) groups is 1. The summed E-state index contributed by atoms with van der Waals surface area (Å²) in [6.45, 7) is 0. The lowest BCUT2D eigenvalue weighted by molar-refractivity contribution is 0.739. The first kappa shape index (κ1) is 30.6. The Bertz CT molecular complexity index is 2980. The number of amidine groups is 1. The molecule has 1 aliphatic carbocycles. The molecule has 0 N–H and O–H groups in total. The predicted molar refractivity (Wildman–Crippen MR) is 226 cm³/mol. The van der Waals surface area contributed by atoms with Gasteiger partial charge in [-0.2, -0.15) is 0 Å². The highest BCUT2D eigenvalue weighted by molar-refractivity contribution is 6.29. The molecule has 4 heteroatoms. The number of para-hydroxylation sites is 2. The summed E-state index contributed by atoms with van der Waals surface area (Å²) >= 11 is 0. The van der Waals surface area contributed by atoms with Gasteiger partial charge in [0, 0.05) is 49.4 Å². The molecule has 7 aromatic carbocycles. The molecule has 0 fully saturated rings. The van der Waals surface area contributed by atoms with Gasteiger partial charge in [-0.1, -0.05) is 146 Å². The Hall–Kier alpha value is -7.04. The molecule has 4 nitrogen and oxygen atoms in total. The van der Waals surface area contributed by atoms with Crippen molar-refractivity contribution in [1.29, 1.82) is 0 Å². The van der Waals surface area contributed by atoms with Crippen molar-refractivity contribution < 1.29 is 0 Å². The largest absolute Gasteiger partial charge is 0.317 e. The normalized spacial score (nSPS) is 16.4. The van der Waals surface area contributed by atoms with Crippen LogP contribution in [0, 0.1) is 0 Å². The molecule has 0 saturated heterocycles. The molecule has 2 aromatic heterocycles. The first-order valence-electron chi connectivity index (χ1n) is 18.6. The van der Waals surface area contributed by atoms with E-state index in [2.05, 4.69) is 204 Å². The van der Waals surface area contributed by atoms with Gasteiger partial charge < -0.3 is 9.47 Å². The van der Waals surface area contributed by atoms with E-state index in [1.807, 2.05) is 0 Å². The zero-order valence-electron chi connectivity index (χ0n) is 29.4. The summed E-state index contributed by atoms with van der Waals surface area (Å²) in [7, 11) is 0. The second-order valence-corrected chi connectivity index (χ2v) is 14.1. The molecule has 2 atom stereocenters. The van der Waals surface area contributed by atoms with E-state index in [0.717, 1.165) is 61.4 Å². The minimum Gasteiger partial charge on any atom is -0.317 e. The monoisotopic (exact) mass is 690 g/mol. The third kappa shape index (κ3) is 4.77. The van der Waals surface area contributed by atoms with E-state index in [0.29, 0.717) is 0 Å². The van der Waals surface area contributed by atoms with Crippen LogP contribution in [0.1, 0.15) is 5.56 Å². The fourth-order valence-corrected chi connectivity index (χ4v) is 8.60. The zero-order chi connectivity index (χ0) is 35.6. The lowest BCUT2D eigenvalue weighted by Crippen LogP contribution is -2.39. The second-order valence-electron chi connectivity index (χ2n) is 14.1. The number of hydrogen-bond donors (Lipinski definition) is 0. The van der Waals surface area contributed by atoms with E-state index in [9.17, 15) is 0 Å². The van der Waals surface area contributed by atoms with Gasteiger partial charge in [-0.15, -0.1) is 0 Å². The van der Waals surface area contributed by atoms with Crippen molar-refractivity contribution in [2.75, 3.05) is 4.90 Å². The first-order chi connectivity index (χ1) is 26.8. The van der Waals surface area contributed by atoms with Crippen molar-refractivity contribution in [3.63, 3.8) is 0 Å². The van der Waals surface area contributed by atoms with Crippen LogP contribution in [-0.2, 0) is 0 Å². The van der Waals surface area contributed by atoms with Crippen LogP contribution in [-0.4, -0.2) is 27.5 Å². The fourth-order valence-electron chi connectivity index (χ4n) is 8.60. The lowest BCUT2D eigenvalue weighted by atomic mass is 9.94. The van der Waals surface area contributed by atoms with Crippen molar-refractivity contribution in [2.45, 2.75) is 12.1 Å². The Kier molecular flexibility index (Phi) is 6.96. The van der Waals surface area contributed by atoms with Gasteiger partial charge in [0.05, 0.1) is 34.3 Å². The van der Waals surface area contributed by atoms with Crippen molar-refractivity contribution >= 4 is 55.0 Å². The highest BCUT2D eigenvalue weighted by Gasteiger charge is 2.35. The van der Waals surface area contributed by atoms with E-state index < -0.39 is 0 Å². The molecule has 2 unspecified atom stereocenters. The van der Waals surface area contributed by atoms with E-state index in [4.69, 9.17) is 9.98 Å². The summed E-state index contributed by atoms with van der Waals surface area (Å²) in [5.74, 6) is 1.01. The standard InChI is InChI=1S/C50H34N4/c1-4-14-34(15-5-1)49-40-29-31-46-48(39-20-10-12-22-44(39)53(46)37-18-8-3-9-19-37)47(40)41-32-36(26-30-42(41)51-49)33-24-27-38(28-25-33)54-45-23-13-11-21-43(45)52-50(54)35-16-6-2-7-17-35/h1-32,43,45H. The van der Waals surface area contributed by atoms with E-state index >= 15 is 0 Å². The average Bonchev–Trinajstić information content (AvgIpc) is 3.81.